The maximum Gasteiger partial charge on any atom is 0.256 e. The molecule has 1 aromatic heterocycles. The summed E-state index contributed by atoms with van der Waals surface area (Å²) in [6, 6.07) is 20.5. The van der Waals surface area contributed by atoms with Gasteiger partial charge >= 0.3 is 0 Å². The summed E-state index contributed by atoms with van der Waals surface area (Å²) in [7, 11) is 0. The number of rotatable bonds is 5. The van der Waals surface area contributed by atoms with Crippen molar-refractivity contribution >= 4 is 51.3 Å². The van der Waals surface area contributed by atoms with Gasteiger partial charge in [-0.2, -0.15) is 0 Å². The van der Waals surface area contributed by atoms with Crippen molar-refractivity contribution in [3.63, 3.8) is 0 Å². The monoisotopic (exact) mass is 488 g/mol. The van der Waals surface area contributed by atoms with Gasteiger partial charge in [-0.1, -0.05) is 41.9 Å². The Morgan fingerprint density at radius 3 is 2.65 bits per heavy atom. The lowest BCUT2D eigenvalue weighted by atomic mass is 9.99. The van der Waals surface area contributed by atoms with E-state index in [0.29, 0.717) is 33.6 Å². The predicted molar refractivity (Wildman–Crippen MR) is 138 cm³/mol. The van der Waals surface area contributed by atoms with Crippen LogP contribution in [0.25, 0.3) is 11.1 Å². The van der Waals surface area contributed by atoms with E-state index < -0.39 is 0 Å². The molecule has 3 N–H and O–H groups in total. The van der Waals surface area contributed by atoms with Gasteiger partial charge < -0.3 is 16.0 Å². The second kappa shape index (κ2) is 9.29. The minimum atomic E-state index is -0.197. The number of amides is 2. The summed E-state index contributed by atoms with van der Waals surface area (Å²) >= 11 is 7.35. The Hall–Kier alpha value is -3.68. The third kappa shape index (κ3) is 4.53. The molecule has 0 saturated carbocycles. The molecule has 8 heteroatoms. The molecule has 0 radical (unpaired) electrons. The highest BCUT2D eigenvalue weighted by atomic mass is 35.5. The Labute approximate surface area is 206 Å². The van der Waals surface area contributed by atoms with Crippen LogP contribution in [0.1, 0.15) is 21.6 Å². The van der Waals surface area contributed by atoms with Crippen LogP contribution in [0.5, 0.6) is 0 Å². The number of hydrogen-bond donors (Lipinski definition) is 2. The number of carbonyl (C=O) groups excluding carboxylic acids is 2. The molecule has 0 spiro atoms. The van der Waals surface area contributed by atoms with Gasteiger partial charge in [0, 0.05) is 33.9 Å². The Bertz CT molecular complexity index is 1380. The highest BCUT2D eigenvalue weighted by Crippen LogP contribution is 2.32. The lowest BCUT2D eigenvalue weighted by Crippen LogP contribution is -2.30. The molecule has 0 saturated heterocycles. The summed E-state index contributed by atoms with van der Waals surface area (Å²) < 4.78 is 0. The topological polar surface area (TPSA) is 88.3 Å². The van der Waals surface area contributed by atoms with Crippen LogP contribution in [-0.2, 0) is 17.6 Å². The number of nitrogen functional groups attached to an aromatic ring is 1. The molecule has 0 fully saturated rings. The number of halogens is 1. The van der Waals surface area contributed by atoms with Crippen molar-refractivity contribution in [2.75, 3.05) is 22.5 Å². The number of fused-ring (bicyclic) bond motifs is 1. The van der Waals surface area contributed by atoms with E-state index in [0.717, 1.165) is 28.8 Å². The van der Waals surface area contributed by atoms with E-state index in [4.69, 9.17) is 17.3 Å². The minimum Gasteiger partial charge on any atom is -0.375 e. The predicted octanol–water partition coefficient (Wildman–Crippen LogP) is 5.43. The van der Waals surface area contributed by atoms with Crippen LogP contribution in [0.3, 0.4) is 0 Å². The van der Waals surface area contributed by atoms with Crippen molar-refractivity contribution < 1.29 is 9.59 Å². The summed E-state index contributed by atoms with van der Waals surface area (Å²) in [5.74, 6) is -0.213. The van der Waals surface area contributed by atoms with Gasteiger partial charge in [0.1, 0.15) is 0 Å². The quantitative estimate of drug-likeness (QED) is 0.392. The maximum absolute atomic E-state index is 13.1. The van der Waals surface area contributed by atoms with Crippen LogP contribution >= 0.6 is 22.9 Å². The molecule has 4 aromatic rings. The summed E-state index contributed by atoms with van der Waals surface area (Å²) in [4.78, 5) is 31.9. The van der Waals surface area contributed by atoms with Crippen molar-refractivity contribution in [3.05, 3.63) is 94.0 Å². The molecule has 170 valence electrons. The molecule has 3 aromatic carbocycles. The normalized spacial score (nSPS) is 12.4. The number of benzene rings is 3. The van der Waals surface area contributed by atoms with Crippen LogP contribution in [0.15, 0.2) is 72.1 Å². The number of thiazole rings is 1. The first-order valence-electron chi connectivity index (χ1n) is 10.8. The standard InChI is InChI=1S/C26H21ClN4O2S/c27-18-7-5-16(6-8-18)21-3-1-2-4-22(21)25(33)29-19-9-10-23-17(13-19)11-12-31(23)24(32)14-20-15-34-26(28)30-20/h1-10,13,15H,11-12,14H2,(H2,28,30)(H,29,33). The maximum atomic E-state index is 13.1. The van der Waals surface area contributed by atoms with Gasteiger partial charge in [0.15, 0.2) is 5.13 Å². The van der Waals surface area contributed by atoms with E-state index in [1.54, 1.807) is 11.0 Å². The van der Waals surface area contributed by atoms with E-state index in [2.05, 4.69) is 10.3 Å². The van der Waals surface area contributed by atoms with Crippen molar-refractivity contribution in [3.8, 4) is 11.1 Å². The van der Waals surface area contributed by atoms with Gasteiger partial charge in [0.2, 0.25) is 5.91 Å². The molecule has 0 bridgehead atoms. The van der Waals surface area contributed by atoms with E-state index >= 15 is 0 Å². The van der Waals surface area contributed by atoms with Crippen LogP contribution in [0.2, 0.25) is 5.02 Å². The van der Waals surface area contributed by atoms with Crippen molar-refractivity contribution in [2.45, 2.75) is 12.8 Å². The van der Waals surface area contributed by atoms with E-state index in [1.165, 1.54) is 11.3 Å². The van der Waals surface area contributed by atoms with Gasteiger partial charge in [-0.25, -0.2) is 4.98 Å². The van der Waals surface area contributed by atoms with E-state index in [-0.39, 0.29) is 18.2 Å². The van der Waals surface area contributed by atoms with Crippen LogP contribution in [-0.4, -0.2) is 23.3 Å². The number of nitrogens with one attached hydrogen (secondary N) is 1. The second-order valence-electron chi connectivity index (χ2n) is 8.00. The number of anilines is 3. The first-order chi connectivity index (χ1) is 16.5. The first kappa shape index (κ1) is 22.1. The first-order valence-corrected chi connectivity index (χ1v) is 12.0. The van der Waals surface area contributed by atoms with Gasteiger partial charge in [0.05, 0.1) is 12.1 Å². The average molecular weight is 489 g/mol. The Morgan fingerprint density at radius 1 is 1.09 bits per heavy atom. The lowest BCUT2D eigenvalue weighted by Gasteiger charge is -2.17. The van der Waals surface area contributed by atoms with Crippen molar-refractivity contribution in [1.82, 2.24) is 4.98 Å². The fraction of sp³-hybridized carbons (Fsp3) is 0.115. The Morgan fingerprint density at radius 2 is 1.88 bits per heavy atom. The number of nitrogens with zero attached hydrogens (tertiary/aromatic N) is 2. The molecule has 1 aliphatic rings. The number of carbonyl (C=O) groups is 2. The Balaban J connectivity index is 1.33. The third-order valence-electron chi connectivity index (χ3n) is 5.76. The van der Waals surface area contributed by atoms with Crippen LogP contribution in [0, 0.1) is 0 Å². The molecule has 6 nitrogen and oxygen atoms in total. The summed E-state index contributed by atoms with van der Waals surface area (Å²) in [6.07, 6.45) is 0.943. The number of nitrogens with two attached hydrogens (primary N) is 1. The summed E-state index contributed by atoms with van der Waals surface area (Å²) in [5.41, 5.74) is 11.3. The largest absolute Gasteiger partial charge is 0.375 e. The zero-order valence-electron chi connectivity index (χ0n) is 18.1. The third-order valence-corrected chi connectivity index (χ3v) is 6.74. The lowest BCUT2D eigenvalue weighted by molar-refractivity contribution is -0.117. The summed E-state index contributed by atoms with van der Waals surface area (Å²) in [6.45, 7) is 0.602. The minimum absolute atomic E-state index is 0.0160. The molecule has 0 atom stereocenters. The molecule has 0 unspecified atom stereocenters. The molecular formula is C26H21ClN4O2S. The van der Waals surface area contributed by atoms with Crippen molar-refractivity contribution in [1.29, 1.82) is 0 Å². The average Bonchev–Trinajstić information content (AvgIpc) is 3.45. The molecular weight excluding hydrogens is 468 g/mol. The fourth-order valence-corrected chi connectivity index (χ4v) is 4.84. The Kier molecular flexibility index (Phi) is 6.04. The fourth-order valence-electron chi connectivity index (χ4n) is 4.15. The molecule has 0 aliphatic carbocycles. The van der Waals surface area contributed by atoms with Crippen molar-refractivity contribution in [2.24, 2.45) is 0 Å². The smallest absolute Gasteiger partial charge is 0.256 e. The molecule has 34 heavy (non-hydrogen) atoms. The zero-order chi connectivity index (χ0) is 23.7. The molecule has 1 aliphatic heterocycles. The van der Waals surface area contributed by atoms with Gasteiger partial charge in [-0.3, -0.25) is 9.59 Å². The van der Waals surface area contributed by atoms with Crippen LogP contribution in [0.4, 0.5) is 16.5 Å². The van der Waals surface area contributed by atoms with E-state index in [9.17, 15) is 9.59 Å². The van der Waals surface area contributed by atoms with Crippen LogP contribution < -0.4 is 16.0 Å². The summed E-state index contributed by atoms with van der Waals surface area (Å²) in [5, 5.41) is 5.92. The number of aromatic nitrogens is 1. The highest BCUT2D eigenvalue weighted by Gasteiger charge is 2.25. The molecule has 5 rings (SSSR count). The highest BCUT2D eigenvalue weighted by molar-refractivity contribution is 7.13. The zero-order valence-corrected chi connectivity index (χ0v) is 19.7. The second-order valence-corrected chi connectivity index (χ2v) is 9.33. The number of hydrogen-bond acceptors (Lipinski definition) is 5. The SMILES string of the molecule is Nc1nc(CC(=O)N2CCc3cc(NC(=O)c4ccccc4-c4ccc(Cl)cc4)ccc32)cs1. The van der Waals surface area contributed by atoms with Gasteiger partial charge in [-0.05, 0) is 59.5 Å². The van der Waals surface area contributed by atoms with Gasteiger partial charge in [-0.15, -0.1) is 11.3 Å². The molecule has 2 amide bonds. The van der Waals surface area contributed by atoms with E-state index in [1.807, 2.05) is 66.0 Å². The molecule has 2 heterocycles. The van der Waals surface area contributed by atoms with Gasteiger partial charge in [0.25, 0.3) is 5.91 Å².